The van der Waals surface area contributed by atoms with Crippen molar-refractivity contribution in [2.24, 2.45) is 0 Å². The van der Waals surface area contributed by atoms with Gasteiger partial charge in [0.25, 0.3) is 0 Å². The Labute approximate surface area is 137 Å². The molecule has 0 unspecified atom stereocenters. The molecule has 23 heavy (non-hydrogen) atoms. The number of nitrogens with two attached hydrogens (primary N) is 1. The minimum absolute atomic E-state index is 0.111. The van der Waals surface area contributed by atoms with Gasteiger partial charge in [-0.05, 0) is 50.5 Å². The number of aromatic nitrogens is 1. The minimum Gasteiger partial charge on any atom is -0.508 e. The molecule has 1 aromatic carbocycles. The number of benzene rings is 1. The fourth-order valence-corrected chi connectivity index (χ4v) is 2.31. The van der Waals surface area contributed by atoms with Gasteiger partial charge in [0.1, 0.15) is 11.6 Å². The average Bonchev–Trinajstić information content (AvgIpc) is 2.53. The van der Waals surface area contributed by atoms with Crippen LogP contribution in [0.2, 0.25) is 0 Å². The summed E-state index contributed by atoms with van der Waals surface area (Å²) >= 11 is 0. The smallest absolute Gasteiger partial charge is 0.123 e. The number of aliphatic hydroxyl groups is 1. The van der Waals surface area contributed by atoms with Crippen LogP contribution in [0, 0.1) is 0 Å². The number of phenolic OH excluding ortho intramolecular Hbond substituents is 1. The number of nitrogen functional groups attached to an aromatic ring is 1. The summed E-state index contributed by atoms with van der Waals surface area (Å²) in [5, 5.41) is 22.9. The van der Waals surface area contributed by atoms with Crippen LogP contribution in [0.1, 0.15) is 37.5 Å². The number of nitrogens with zero attached hydrogens (tertiary/aromatic N) is 1. The van der Waals surface area contributed by atoms with Crippen molar-refractivity contribution < 1.29 is 10.2 Å². The summed E-state index contributed by atoms with van der Waals surface area (Å²) in [6, 6.07) is 10.7. The lowest BCUT2D eigenvalue weighted by Crippen LogP contribution is -2.42. The number of aliphatic hydroxyl groups excluding tert-OH is 1. The molecule has 0 amide bonds. The Morgan fingerprint density at radius 1 is 1.17 bits per heavy atom. The molecule has 2 rings (SSSR count). The number of phenols is 1. The van der Waals surface area contributed by atoms with Crippen LogP contribution < -0.4 is 11.1 Å². The molecule has 0 aliphatic rings. The van der Waals surface area contributed by atoms with Crippen molar-refractivity contribution in [1.29, 1.82) is 0 Å². The Hall–Kier alpha value is -2.11. The average molecular weight is 315 g/mol. The molecular formula is C18H25N3O2. The first-order valence-corrected chi connectivity index (χ1v) is 7.78. The van der Waals surface area contributed by atoms with Crippen molar-refractivity contribution in [3.63, 3.8) is 0 Å². The standard InChI is InChI=1S/C18H25N3O2/c1-18(2,10-9-13-3-6-15(22)7-4-13)21-12-16(23)14-5-8-17(19)20-11-14/h3-8,11,16,21-23H,9-10,12H2,1-2H3,(H2,19,20)/t16-/m0/s1. The fourth-order valence-electron chi connectivity index (χ4n) is 2.31. The van der Waals surface area contributed by atoms with Crippen molar-refractivity contribution in [3.8, 4) is 5.75 Å². The van der Waals surface area contributed by atoms with Gasteiger partial charge in [0, 0.05) is 23.8 Å². The highest BCUT2D eigenvalue weighted by Gasteiger charge is 2.19. The summed E-state index contributed by atoms with van der Waals surface area (Å²) in [7, 11) is 0. The Kier molecular flexibility index (Phi) is 5.58. The van der Waals surface area contributed by atoms with E-state index in [1.165, 1.54) is 5.56 Å². The number of nitrogens with one attached hydrogen (secondary N) is 1. The zero-order chi connectivity index (χ0) is 16.9. The van der Waals surface area contributed by atoms with Gasteiger partial charge in [0.2, 0.25) is 0 Å². The molecule has 0 aliphatic heterocycles. The molecule has 0 spiro atoms. The van der Waals surface area contributed by atoms with E-state index in [0.29, 0.717) is 12.4 Å². The molecule has 0 saturated carbocycles. The van der Waals surface area contributed by atoms with Crippen molar-refractivity contribution >= 4 is 5.82 Å². The van der Waals surface area contributed by atoms with E-state index >= 15 is 0 Å². The van der Waals surface area contributed by atoms with Crippen LogP contribution in [0.5, 0.6) is 5.75 Å². The van der Waals surface area contributed by atoms with Crippen LogP contribution in [0.4, 0.5) is 5.82 Å². The minimum atomic E-state index is -0.615. The number of aromatic hydroxyl groups is 1. The molecule has 0 radical (unpaired) electrons. The van der Waals surface area contributed by atoms with Gasteiger partial charge in [-0.2, -0.15) is 0 Å². The fraction of sp³-hybridized carbons (Fsp3) is 0.389. The molecule has 5 nitrogen and oxygen atoms in total. The second kappa shape index (κ2) is 7.44. The number of rotatable bonds is 7. The van der Waals surface area contributed by atoms with Crippen LogP contribution in [-0.4, -0.2) is 27.3 Å². The van der Waals surface area contributed by atoms with Crippen LogP contribution in [0.15, 0.2) is 42.6 Å². The second-order valence-corrected chi connectivity index (χ2v) is 6.46. The molecule has 5 heteroatoms. The molecule has 0 saturated heterocycles. The normalized spacial score (nSPS) is 13.0. The predicted octanol–water partition coefficient (Wildman–Crippen LogP) is 2.40. The van der Waals surface area contributed by atoms with E-state index in [2.05, 4.69) is 24.1 Å². The van der Waals surface area contributed by atoms with Gasteiger partial charge in [0.05, 0.1) is 6.10 Å². The van der Waals surface area contributed by atoms with Crippen LogP contribution in [0.3, 0.4) is 0 Å². The molecule has 0 bridgehead atoms. The van der Waals surface area contributed by atoms with Gasteiger partial charge in [-0.15, -0.1) is 0 Å². The van der Waals surface area contributed by atoms with Gasteiger partial charge in [0.15, 0.2) is 0 Å². The monoisotopic (exact) mass is 315 g/mol. The lowest BCUT2D eigenvalue weighted by atomic mass is 9.94. The Morgan fingerprint density at radius 2 is 1.87 bits per heavy atom. The number of anilines is 1. The summed E-state index contributed by atoms with van der Waals surface area (Å²) in [6.45, 7) is 4.68. The molecule has 2 aromatic rings. The Bertz CT molecular complexity index is 609. The first-order valence-electron chi connectivity index (χ1n) is 7.78. The van der Waals surface area contributed by atoms with E-state index in [4.69, 9.17) is 5.73 Å². The largest absolute Gasteiger partial charge is 0.508 e. The highest BCUT2D eigenvalue weighted by atomic mass is 16.3. The summed E-state index contributed by atoms with van der Waals surface area (Å²) in [6.07, 6.45) is 2.81. The van der Waals surface area contributed by atoms with Gasteiger partial charge in [-0.25, -0.2) is 4.98 Å². The molecule has 1 aromatic heterocycles. The number of hydrogen-bond acceptors (Lipinski definition) is 5. The van der Waals surface area contributed by atoms with E-state index in [9.17, 15) is 10.2 Å². The summed E-state index contributed by atoms with van der Waals surface area (Å²) < 4.78 is 0. The maximum Gasteiger partial charge on any atom is 0.123 e. The topological polar surface area (TPSA) is 91.4 Å². The summed E-state index contributed by atoms with van der Waals surface area (Å²) in [5.41, 5.74) is 7.37. The van der Waals surface area contributed by atoms with Gasteiger partial charge in [-0.3, -0.25) is 0 Å². The van der Waals surface area contributed by atoms with Crippen molar-refractivity contribution in [3.05, 3.63) is 53.7 Å². The lowest BCUT2D eigenvalue weighted by Gasteiger charge is -2.28. The highest BCUT2D eigenvalue weighted by Crippen LogP contribution is 2.18. The zero-order valence-corrected chi connectivity index (χ0v) is 13.7. The van der Waals surface area contributed by atoms with Gasteiger partial charge >= 0.3 is 0 Å². The van der Waals surface area contributed by atoms with E-state index in [1.807, 2.05) is 12.1 Å². The van der Waals surface area contributed by atoms with Crippen molar-refractivity contribution in [2.45, 2.75) is 38.3 Å². The third-order valence-electron chi connectivity index (χ3n) is 3.94. The number of β-amino-alcohol motifs (C(OH)–C–C–N with tert-alkyl or cyclic N) is 1. The Morgan fingerprint density at radius 3 is 2.48 bits per heavy atom. The Balaban J connectivity index is 1.83. The quantitative estimate of drug-likeness (QED) is 0.630. The molecule has 0 aliphatic carbocycles. The molecule has 0 fully saturated rings. The molecule has 1 heterocycles. The number of aryl methyl sites for hydroxylation is 1. The SMILES string of the molecule is CC(C)(CCc1ccc(O)cc1)NC[C@H](O)c1ccc(N)nc1. The lowest BCUT2D eigenvalue weighted by molar-refractivity contribution is 0.159. The summed E-state index contributed by atoms with van der Waals surface area (Å²) in [4.78, 5) is 4.00. The van der Waals surface area contributed by atoms with Crippen LogP contribution in [-0.2, 0) is 6.42 Å². The molecular weight excluding hydrogens is 290 g/mol. The molecule has 5 N–H and O–H groups in total. The van der Waals surface area contributed by atoms with Crippen molar-refractivity contribution in [1.82, 2.24) is 10.3 Å². The molecule has 1 atom stereocenters. The van der Waals surface area contributed by atoms with Gasteiger partial charge in [-0.1, -0.05) is 18.2 Å². The molecule has 124 valence electrons. The van der Waals surface area contributed by atoms with Crippen molar-refractivity contribution in [2.75, 3.05) is 12.3 Å². The highest BCUT2D eigenvalue weighted by molar-refractivity contribution is 5.30. The van der Waals surface area contributed by atoms with Crippen LogP contribution >= 0.6 is 0 Å². The third-order valence-corrected chi connectivity index (χ3v) is 3.94. The number of hydrogen-bond donors (Lipinski definition) is 4. The van der Waals surface area contributed by atoms with E-state index in [-0.39, 0.29) is 11.3 Å². The predicted molar refractivity (Wildman–Crippen MR) is 92.1 cm³/mol. The zero-order valence-electron chi connectivity index (χ0n) is 13.7. The first kappa shape index (κ1) is 17.2. The van der Waals surface area contributed by atoms with E-state index in [0.717, 1.165) is 18.4 Å². The maximum atomic E-state index is 10.2. The first-order chi connectivity index (χ1) is 10.9. The summed E-state index contributed by atoms with van der Waals surface area (Å²) in [5.74, 6) is 0.731. The van der Waals surface area contributed by atoms with E-state index in [1.54, 1.807) is 30.5 Å². The maximum absolute atomic E-state index is 10.2. The van der Waals surface area contributed by atoms with Gasteiger partial charge < -0.3 is 21.3 Å². The van der Waals surface area contributed by atoms with Crippen LogP contribution in [0.25, 0.3) is 0 Å². The van der Waals surface area contributed by atoms with E-state index < -0.39 is 6.10 Å². The third kappa shape index (κ3) is 5.54. The number of pyridine rings is 1. The second-order valence-electron chi connectivity index (χ2n) is 6.46.